The third kappa shape index (κ3) is 2.65. The summed E-state index contributed by atoms with van der Waals surface area (Å²) in [5, 5.41) is 0. The molecule has 4 aromatic rings. The number of alkyl halides is 2. The van der Waals surface area contributed by atoms with Gasteiger partial charge in [-0.25, -0.2) is 28.7 Å². The lowest BCUT2D eigenvalue weighted by Crippen LogP contribution is -2.19. The van der Waals surface area contributed by atoms with Crippen molar-refractivity contribution in [2.75, 3.05) is 13.2 Å². The van der Waals surface area contributed by atoms with Gasteiger partial charge in [0.2, 0.25) is 0 Å². The first kappa shape index (κ1) is 17.2. The number of para-hydroxylation sites is 2. The van der Waals surface area contributed by atoms with Crippen molar-refractivity contribution in [2.24, 2.45) is 0 Å². The van der Waals surface area contributed by atoms with E-state index in [0.717, 1.165) is 12.8 Å². The van der Waals surface area contributed by atoms with Gasteiger partial charge in [-0.3, -0.25) is 4.57 Å². The predicted octanol–water partition coefficient (Wildman–Crippen LogP) is 3.76. The van der Waals surface area contributed by atoms with Crippen LogP contribution in [0.4, 0.5) is 8.78 Å². The lowest BCUT2D eigenvalue weighted by Gasteiger charge is -2.23. The van der Waals surface area contributed by atoms with Crippen LogP contribution in [0.1, 0.15) is 37.0 Å². The minimum atomic E-state index is -2.74. The Kier molecular flexibility index (Phi) is 4.04. The Hall–Kier alpha value is -2.94. The highest BCUT2D eigenvalue weighted by molar-refractivity contribution is 5.84. The molecular weight excluding hydrogens is 366 g/mol. The van der Waals surface area contributed by atoms with Crippen LogP contribution in [0.15, 0.2) is 30.6 Å². The zero-order chi connectivity index (χ0) is 19.3. The largest absolute Gasteiger partial charge is 0.381 e. The standard InChI is InChI=1S/C19H18F2N6O/c1-11-23-17-15(22-10-26(17)12-6-8-28-9-7-12)18(24-11)27-14-5-3-2-4-13(14)25-19(27)16(20)21/h2-5,10,12,16H,6-9H2,1H3. The quantitative estimate of drug-likeness (QED) is 0.538. The molecule has 0 unspecified atom stereocenters. The molecule has 144 valence electrons. The summed E-state index contributed by atoms with van der Waals surface area (Å²) in [4.78, 5) is 17.7. The van der Waals surface area contributed by atoms with E-state index in [1.165, 1.54) is 4.57 Å². The van der Waals surface area contributed by atoms with Crippen LogP contribution in [-0.4, -0.2) is 42.3 Å². The van der Waals surface area contributed by atoms with Crippen LogP contribution in [0.25, 0.3) is 28.0 Å². The van der Waals surface area contributed by atoms with Crippen LogP contribution >= 0.6 is 0 Å². The number of hydrogen-bond donors (Lipinski definition) is 0. The molecule has 0 atom stereocenters. The van der Waals surface area contributed by atoms with E-state index in [9.17, 15) is 8.78 Å². The topological polar surface area (TPSA) is 70.7 Å². The van der Waals surface area contributed by atoms with Gasteiger partial charge in [0.05, 0.1) is 17.4 Å². The van der Waals surface area contributed by atoms with Gasteiger partial charge in [0.25, 0.3) is 6.43 Å². The highest BCUT2D eigenvalue weighted by Gasteiger charge is 2.25. The molecule has 0 radical (unpaired) electrons. The van der Waals surface area contributed by atoms with Gasteiger partial charge in [0, 0.05) is 19.3 Å². The Morgan fingerprint density at radius 2 is 1.89 bits per heavy atom. The van der Waals surface area contributed by atoms with Crippen LogP contribution < -0.4 is 0 Å². The Morgan fingerprint density at radius 3 is 2.68 bits per heavy atom. The van der Waals surface area contributed by atoms with Crippen LogP contribution in [0, 0.1) is 6.92 Å². The number of benzene rings is 1. The first-order valence-corrected chi connectivity index (χ1v) is 9.18. The fourth-order valence-corrected chi connectivity index (χ4v) is 3.81. The Balaban J connectivity index is 1.77. The molecular formula is C19H18F2N6O. The van der Waals surface area contributed by atoms with E-state index in [4.69, 9.17) is 4.74 Å². The first-order chi connectivity index (χ1) is 13.6. The molecule has 0 spiro atoms. The summed E-state index contributed by atoms with van der Waals surface area (Å²) >= 11 is 0. The zero-order valence-electron chi connectivity index (χ0n) is 15.2. The van der Waals surface area contributed by atoms with Crippen molar-refractivity contribution >= 4 is 22.2 Å². The average molecular weight is 384 g/mol. The van der Waals surface area contributed by atoms with E-state index in [-0.39, 0.29) is 11.9 Å². The minimum Gasteiger partial charge on any atom is -0.381 e. The molecule has 0 amide bonds. The number of nitrogens with zero attached hydrogens (tertiary/aromatic N) is 6. The number of imidazole rings is 2. The van der Waals surface area contributed by atoms with Crippen molar-refractivity contribution in [2.45, 2.75) is 32.2 Å². The van der Waals surface area contributed by atoms with E-state index in [2.05, 4.69) is 19.9 Å². The highest BCUT2D eigenvalue weighted by atomic mass is 19.3. The van der Waals surface area contributed by atoms with Crippen molar-refractivity contribution in [3.63, 3.8) is 0 Å². The summed E-state index contributed by atoms with van der Waals surface area (Å²) in [6.45, 7) is 3.12. The Bertz CT molecular complexity index is 1160. The highest BCUT2D eigenvalue weighted by Crippen LogP contribution is 2.31. The predicted molar refractivity (Wildman–Crippen MR) is 98.7 cm³/mol. The maximum atomic E-state index is 13.8. The lowest BCUT2D eigenvalue weighted by molar-refractivity contribution is 0.0704. The van der Waals surface area contributed by atoms with Gasteiger partial charge in [0.15, 0.2) is 22.8 Å². The third-order valence-electron chi connectivity index (χ3n) is 5.09. The SMILES string of the molecule is Cc1nc(-n2c(C(F)F)nc3ccccc32)c2ncn(C3CCOCC3)c2n1. The average Bonchev–Trinajstić information content (AvgIpc) is 3.29. The molecule has 0 N–H and O–H groups in total. The molecule has 7 nitrogen and oxygen atoms in total. The van der Waals surface area contributed by atoms with Gasteiger partial charge in [-0.1, -0.05) is 12.1 Å². The van der Waals surface area contributed by atoms with Gasteiger partial charge >= 0.3 is 0 Å². The van der Waals surface area contributed by atoms with Crippen molar-refractivity contribution in [3.8, 4) is 5.82 Å². The number of aromatic nitrogens is 6. The number of aryl methyl sites for hydroxylation is 1. The molecule has 0 saturated carbocycles. The number of rotatable bonds is 3. The van der Waals surface area contributed by atoms with E-state index in [1.54, 1.807) is 37.5 Å². The maximum absolute atomic E-state index is 13.8. The molecule has 4 heterocycles. The van der Waals surface area contributed by atoms with Crippen LogP contribution in [0.3, 0.4) is 0 Å². The smallest absolute Gasteiger partial charge is 0.296 e. The van der Waals surface area contributed by atoms with E-state index in [1.807, 2.05) is 4.57 Å². The lowest BCUT2D eigenvalue weighted by atomic mass is 10.1. The molecule has 1 saturated heterocycles. The van der Waals surface area contributed by atoms with Crippen molar-refractivity contribution in [3.05, 3.63) is 42.2 Å². The second kappa shape index (κ2) is 6.59. The second-order valence-electron chi connectivity index (χ2n) is 6.86. The fourth-order valence-electron chi connectivity index (χ4n) is 3.81. The Morgan fingerprint density at radius 1 is 1.11 bits per heavy atom. The van der Waals surface area contributed by atoms with Crippen LogP contribution in [0.5, 0.6) is 0 Å². The molecule has 0 bridgehead atoms. The zero-order valence-corrected chi connectivity index (χ0v) is 15.2. The summed E-state index contributed by atoms with van der Waals surface area (Å²) < 4.78 is 36.4. The summed E-state index contributed by atoms with van der Waals surface area (Å²) in [5.74, 6) is 0.479. The number of fused-ring (bicyclic) bond motifs is 2. The summed E-state index contributed by atoms with van der Waals surface area (Å²) in [5.41, 5.74) is 2.19. The molecule has 1 aliphatic rings. The van der Waals surface area contributed by atoms with Crippen molar-refractivity contribution in [1.29, 1.82) is 0 Å². The molecule has 1 fully saturated rings. The third-order valence-corrected chi connectivity index (χ3v) is 5.09. The van der Waals surface area contributed by atoms with Crippen molar-refractivity contribution in [1.82, 2.24) is 29.1 Å². The molecule has 28 heavy (non-hydrogen) atoms. The molecule has 9 heteroatoms. The van der Waals surface area contributed by atoms with Crippen LogP contribution in [0.2, 0.25) is 0 Å². The fraction of sp³-hybridized carbons (Fsp3) is 0.368. The van der Waals surface area contributed by atoms with Gasteiger partial charge < -0.3 is 9.30 Å². The molecule has 5 rings (SSSR count). The molecule has 0 aliphatic carbocycles. The summed E-state index contributed by atoms with van der Waals surface area (Å²) in [6, 6.07) is 7.25. The van der Waals surface area contributed by atoms with E-state index >= 15 is 0 Å². The van der Waals surface area contributed by atoms with E-state index in [0.29, 0.717) is 47.1 Å². The molecule has 3 aromatic heterocycles. The van der Waals surface area contributed by atoms with E-state index < -0.39 is 6.43 Å². The van der Waals surface area contributed by atoms with Gasteiger partial charge in [-0.15, -0.1) is 0 Å². The molecule has 1 aliphatic heterocycles. The normalized spacial score (nSPS) is 15.9. The number of hydrogen-bond acceptors (Lipinski definition) is 5. The minimum absolute atomic E-state index is 0.218. The summed E-state index contributed by atoms with van der Waals surface area (Å²) in [7, 11) is 0. The number of halogens is 2. The number of ether oxygens (including phenoxy) is 1. The summed E-state index contributed by atoms with van der Waals surface area (Å²) in [6.07, 6.45) is 0.704. The maximum Gasteiger partial charge on any atom is 0.296 e. The van der Waals surface area contributed by atoms with Gasteiger partial charge in [-0.05, 0) is 31.9 Å². The monoisotopic (exact) mass is 384 g/mol. The Labute approximate surface area is 159 Å². The van der Waals surface area contributed by atoms with Gasteiger partial charge in [0.1, 0.15) is 5.82 Å². The molecule has 1 aromatic carbocycles. The second-order valence-corrected chi connectivity index (χ2v) is 6.86. The van der Waals surface area contributed by atoms with Crippen LogP contribution in [-0.2, 0) is 4.74 Å². The van der Waals surface area contributed by atoms with Crippen molar-refractivity contribution < 1.29 is 13.5 Å². The first-order valence-electron chi connectivity index (χ1n) is 9.18. The van der Waals surface area contributed by atoms with Gasteiger partial charge in [-0.2, -0.15) is 0 Å².